The van der Waals surface area contributed by atoms with Crippen LogP contribution in [0.2, 0.25) is 0 Å². The fourth-order valence-corrected chi connectivity index (χ4v) is 2.95. The highest BCUT2D eigenvalue weighted by atomic mass is 15.1. The van der Waals surface area contributed by atoms with Gasteiger partial charge in [0.2, 0.25) is 0 Å². The van der Waals surface area contributed by atoms with Crippen molar-refractivity contribution in [2.45, 2.75) is 45.1 Å². The Morgan fingerprint density at radius 2 is 2.10 bits per heavy atom. The van der Waals surface area contributed by atoms with E-state index in [1.165, 1.54) is 41.6 Å². The second kappa shape index (κ2) is 5.80. The van der Waals surface area contributed by atoms with Gasteiger partial charge >= 0.3 is 0 Å². The number of hydrogen-bond donors (Lipinski definition) is 2. The van der Waals surface area contributed by atoms with Gasteiger partial charge in [-0.15, -0.1) is 0 Å². The minimum atomic E-state index is 0.432. The molecule has 1 aromatic carbocycles. The molecule has 0 amide bonds. The van der Waals surface area contributed by atoms with Crippen molar-refractivity contribution in [2.75, 3.05) is 6.54 Å². The molecule has 1 saturated heterocycles. The Kier molecular flexibility index (Phi) is 3.88. The van der Waals surface area contributed by atoms with Crippen LogP contribution in [0, 0.1) is 0 Å². The van der Waals surface area contributed by atoms with E-state index in [0.717, 1.165) is 6.54 Å². The van der Waals surface area contributed by atoms with Crippen molar-refractivity contribution in [3.63, 3.8) is 0 Å². The molecule has 1 aliphatic rings. The first-order valence-corrected chi connectivity index (χ1v) is 7.66. The predicted molar refractivity (Wildman–Crippen MR) is 82.7 cm³/mol. The molecule has 106 valence electrons. The molecule has 2 N–H and O–H groups in total. The minimum absolute atomic E-state index is 0.432. The first kappa shape index (κ1) is 13.4. The summed E-state index contributed by atoms with van der Waals surface area (Å²) in [7, 11) is 0. The Morgan fingerprint density at radius 3 is 2.75 bits per heavy atom. The van der Waals surface area contributed by atoms with Crippen LogP contribution >= 0.6 is 0 Å². The fraction of sp³-hybridized carbons (Fsp3) is 0.471. The maximum atomic E-state index is 4.25. The highest BCUT2D eigenvalue weighted by molar-refractivity contribution is 5.66. The molecule has 0 saturated carbocycles. The average Bonchev–Trinajstić information content (AvgIpc) is 3.16. The third-order valence-electron chi connectivity index (χ3n) is 4.48. The fourth-order valence-electron chi connectivity index (χ4n) is 2.95. The molecular weight excluding hydrogens is 246 g/mol. The monoisotopic (exact) mass is 269 g/mol. The molecule has 0 spiro atoms. The van der Waals surface area contributed by atoms with Crippen LogP contribution in [0.1, 0.15) is 56.3 Å². The number of nitrogens with one attached hydrogen (secondary N) is 2. The SMILES string of the molecule is CCC(C)c1ccc(-c2cn[nH]c2C2CCCN2)cc1. The van der Waals surface area contributed by atoms with Gasteiger partial charge in [0, 0.05) is 11.6 Å². The van der Waals surface area contributed by atoms with E-state index in [-0.39, 0.29) is 0 Å². The molecule has 2 unspecified atom stereocenters. The number of aromatic nitrogens is 2. The summed E-state index contributed by atoms with van der Waals surface area (Å²) in [5, 5.41) is 11.0. The molecule has 3 nitrogen and oxygen atoms in total. The van der Waals surface area contributed by atoms with Crippen molar-refractivity contribution < 1.29 is 0 Å². The second-order valence-electron chi connectivity index (χ2n) is 5.78. The lowest BCUT2D eigenvalue weighted by molar-refractivity contribution is 0.626. The molecule has 0 bridgehead atoms. The summed E-state index contributed by atoms with van der Waals surface area (Å²) in [5.74, 6) is 0.629. The van der Waals surface area contributed by atoms with Crippen LogP contribution < -0.4 is 5.32 Å². The van der Waals surface area contributed by atoms with E-state index in [4.69, 9.17) is 0 Å². The predicted octanol–water partition coefficient (Wildman–Crippen LogP) is 4.01. The third-order valence-corrected chi connectivity index (χ3v) is 4.48. The van der Waals surface area contributed by atoms with E-state index in [2.05, 4.69) is 53.6 Å². The molecule has 0 aliphatic carbocycles. The maximum absolute atomic E-state index is 4.25. The van der Waals surface area contributed by atoms with Gasteiger partial charge in [0.15, 0.2) is 0 Å². The zero-order valence-electron chi connectivity index (χ0n) is 12.3. The summed E-state index contributed by atoms with van der Waals surface area (Å²) in [5.41, 5.74) is 5.15. The van der Waals surface area contributed by atoms with Crippen LogP contribution in [-0.4, -0.2) is 16.7 Å². The van der Waals surface area contributed by atoms with Crippen molar-refractivity contribution in [1.82, 2.24) is 15.5 Å². The Balaban J connectivity index is 1.87. The van der Waals surface area contributed by atoms with Crippen molar-refractivity contribution >= 4 is 0 Å². The molecular formula is C17H23N3. The van der Waals surface area contributed by atoms with Crippen LogP contribution in [-0.2, 0) is 0 Å². The zero-order chi connectivity index (χ0) is 13.9. The molecule has 0 radical (unpaired) electrons. The summed E-state index contributed by atoms with van der Waals surface area (Å²) in [4.78, 5) is 0. The van der Waals surface area contributed by atoms with Crippen LogP contribution in [0.25, 0.3) is 11.1 Å². The Hall–Kier alpha value is -1.61. The molecule has 3 heteroatoms. The molecule has 2 aromatic rings. The molecule has 2 heterocycles. The van der Waals surface area contributed by atoms with Crippen molar-refractivity contribution in [3.05, 3.63) is 41.7 Å². The lowest BCUT2D eigenvalue weighted by Gasteiger charge is -2.12. The summed E-state index contributed by atoms with van der Waals surface area (Å²) >= 11 is 0. The smallest absolute Gasteiger partial charge is 0.0599 e. The van der Waals surface area contributed by atoms with Gasteiger partial charge in [-0.3, -0.25) is 5.10 Å². The van der Waals surface area contributed by atoms with Gasteiger partial charge in [-0.25, -0.2) is 0 Å². The van der Waals surface area contributed by atoms with Crippen LogP contribution in [0.4, 0.5) is 0 Å². The van der Waals surface area contributed by atoms with E-state index in [9.17, 15) is 0 Å². The molecule has 1 aliphatic heterocycles. The average molecular weight is 269 g/mol. The maximum Gasteiger partial charge on any atom is 0.0599 e. The van der Waals surface area contributed by atoms with E-state index in [1.807, 2.05) is 6.20 Å². The molecule has 3 rings (SSSR count). The van der Waals surface area contributed by atoms with Gasteiger partial charge in [-0.2, -0.15) is 5.10 Å². The highest BCUT2D eigenvalue weighted by Crippen LogP contribution is 2.31. The van der Waals surface area contributed by atoms with E-state index in [1.54, 1.807) is 0 Å². The third kappa shape index (κ3) is 2.50. The van der Waals surface area contributed by atoms with Gasteiger partial charge in [0.1, 0.15) is 0 Å². The minimum Gasteiger partial charge on any atom is -0.309 e. The van der Waals surface area contributed by atoms with Gasteiger partial charge in [-0.05, 0) is 42.9 Å². The lowest BCUT2D eigenvalue weighted by Crippen LogP contribution is -2.14. The number of H-pyrrole nitrogens is 1. The zero-order valence-corrected chi connectivity index (χ0v) is 12.3. The van der Waals surface area contributed by atoms with Crippen molar-refractivity contribution in [1.29, 1.82) is 0 Å². The van der Waals surface area contributed by atoms with E-state index in [0.29, 0.717) is 12.0 Å². The van der Waals surface area contributed by atoms with E-state index < -0.39 is 0 Å². The van der Waals surface area contributed by atoms with Crippen molar-refractivity contribution in [2.24, 2.45) is 0 Å². The summed E-state index contributed by atoms with van der Waals surface area (Å²) in [6.45, 7) is 5.62. The molecule has 1 fully saturated rings. The number of nitrogens with zero attached hydrogens (tertiary/aromatic N) is 1. The lowest BCUT2D eigenvalue weighted by atomic mass is 9.95. The van der Waals surface area contributed by atoms with Crippen molar-refractivity contribution in [3.8, 4) is 11.1 Å². The number of aromatic amines is 1. The van der Waals surface area contributed by atoms with Crippen LogP contribution in [0.15, 0.2) is 30.5 Å². The quantitative estimate of drug-likeness (QED) is 0.880. The van der Waals surface area contributed by atoms with Gasteiger partial charge in [0.05, 0.1) is 11.9 Å². The van der Waals surface area contributed by atoms with Gasteiger partial charge in [-0.1, -0.05) is 38.1 Å². The topological polar surface area (TPSA) is 40.7 Å². The van der Waals surface area contributed by atoms with Gasteiger partial charge < -0.3 is 5.32 Å². The number of benzene rings is 1. The Morgan fingerprint density at radius 1 is 1.30 bits per heavy atom. The summed E-state index contributed by atoms with van der Waals surface area (Å²) < 4.78 is 0. The van der Waals surface area contributed by atoms with Gasteiger partial charge in [0.25, 0.3) is 0 Å². The van der Waals surface area contributed by atoms with Crippen LogP contribution in [0.3, 0.4) is 0 Å². The first-order valence-electron chi connectivity index (χ1n) is 7.66. The highest BCUT2D eigenvalue weighted by Gasteiger charge is 2.21. The summed E-state index contributed by atoms with van der Waals surface area (Å²) in [6, 6.07) is 9.39. The Bertz CT molecular complexity index is 550. The largest absolute Gasteiger partial charge is 0.309 e. The van der Waals surface area contributed by atoms with E-state index >= 15 is 0 Å². The summed E-state index contributed by atoms with van der Waals surface area (Å²) in [6.07, 6.45) is 5.58. The molecule has 2 atom stereocenters. The normalized spacial score (nSPS) is 20.2. The van der Waals surface area contributed by atoms with Crippen LogP contribution in [0.5, 0.6) is 0 Å². The number of hydrogen-bond acceptors (Lipinski definition) is 2. The second-order valence-corrected chi connectivity index (χ2v) is 5.78. The Labute approximate surface area is 120 Å². The number of rotatable bonds is 4. The first-order chi connectivity index (χ1) is 9.79. The molecule has 20 heavy (non-hydrogen) atoms. The standard InChI is InChI=1S/C17H23N3/c1-3-12(2)13-6-8-14(9-7-13)15-11-19-20-17(15)16-5-4-10-18-16/h6-9,11-12,16,18H,3-5,10H2,1-2H3,(H,19,20). The molecule has 1 aromatic heterocycles.